The van der Waals surface area contributed by atoms with E-state index in [-0.39, 0.29) is 27.5 Å². The molecular formula is C19H18ClN5O3. The van der Waals surface area contributed by atoms with E-state index in [0.29, 0.717) is 11.1 Å². The van der Waals surface area contributed by atoms with Crippen molar-refractivity contribution in [3.05, 3.63) is 58.1 Å². The van der Waals surface area contributed by atoms with Gasteiger partial charge < -0.3 is 10.4 Å². The molecular weight excluding hydrogens is 382 g/mol. The van der Waals surface area contributed by atoms with Gasteiger partial charge in [-0.3, -0.25) is 4.79 Å². The number of halogens is 1. The van der Waals surface area contributed by atoms with Gasteiger partial charge in [-0.15, -0.1) is 10.2 Å². The highest BCUT2D eigenvalue weighted by atomic mass is 35.5. The Kier molecular flexibility index (Phi) is 5.15. The Balaban J connectivity index is 1.92. The average Bonchev–Trinajstić information content (AvgIpc) is 3.15. The summed E-state index contributed by atoms with van der Waals surface area (Å²) in [5.41, 5.74) is 1.69. The van der Waals surface area contributed by atoms with Crippen molar-refractivity contribution in [2.45, 2.75) is 26.2 Å². The molecule has 0 aliphatic carbocycles. The fraction of sp³-hybridized carbons (Fsp3) is 0.211. The standard InChI is InChI=1S/C19H18ClN5O3/c1-19(2,3)11-6-4-10(5-7-11)17(26)21-15-9-14(20)12(8-13(15)18(27)28)16-22-24-25-23-16/h4-9H,1-3H3,(H,21,26)(H,27,28)(H,22,23,24,25). The van der Waals surface area contributed by atoms with E-state index in [1.54, 1.807) is 12.1 Å². The molecule has 144 valence electrons. The Bertz CT molecular complexity index is 1020. The van der Waals surface area contributed by atoms with E-state index in [1.165, 1.54) is 12.1 Å². The van der Waals surface area contributed by atoms with Gasteiger partial charge in [-0.25, -0.2) is 4.79 Å². The number of tetrazole rings is 1. The second-order valence-corrected chi connectivity index (χ2v) is 7.61. The first-order chi connectivity index (χ1) is 13.2. The van der Waals surface area contributed by atoms with Crippen molar-refractivity contribution < 1.29 is 14.7 Å². The molecule has 0 unspecified atom stereocenters. The molecule has 1 amide bonds. The molecule has 2 aromatic carbocycles. The number of carboxylic acids is 1. The predicted octanol–water partition coefficient (Wildman–Crippen LogP) is 3.77. The van der Waals surface area contributed by atoms with Gasteiger partial charge in [0.25, 0.3) is 5.91 Å². The Labute approximate surface area is 165 Å². The summed E-state index contributed by atoms with van der Waals surface area (Å²) < 4.78 is 0. The van der Waals surface area contributed by atoms with Gasteiger partial charge in [0.2, 0.25) is 5.82 Å². The molecule has 8 nitrogen and oxygen atoms in total. The van der Waals surface area contributed by atoms with E-state index in [2.05, 4.69) is 46.7 Å². The summed E-state index contributed by atoms with van der Waals surface area (Å²) >= 11 is 6.23. The molecule has 1 aromatic heterocycles. The minimum atomic E-state index is -1.22. The SMILES string of the molecule is CC(C)(C)c1ccc(C(=O)Nc2cc(Cl)c(-c3nn[nH]n3)cc2C(=O)O)cc1. The summed E-state index contributed by atoms with van der Waals surface area (Å²) in [7, 11) is 0. The first kappa shape index (κ1) is 19.5. The van der Waals surface area contributed by atoms with E-state index in [4.69, 9.17) is 11.6 Å². The van der Waals surface area contributed by atoms with Gasteiger partial charge in [0.1, 0.15) is 0 Å². The van der Waals surface area contributed by atoms with Crippen LogP contribution in [0.3, 0.4) is 0 Å². The van der Waals surface area contributed by atoms with Gasteiger partial charge in [-0.1, -0.05) is 44.5 Å². The highest BCUT2D eigenvalue weighted by molar-refractivity contribution is 6.34. The van der Waals surface area contributed by atoms with Crippen LogP contribution in [-0.2, 0) is 5.41 Å². The van der Waals surface area contributed by atoms with Crippen LogP contribution in [-0.4, -0.2) is 37.6 Å². The number of aromatic nitrogens is 4. The molecule has 0 bridgehead atoms. The van der Waals surface area contributed by atoms with E-state index >= 15 is 0 Å². The molecule has 0 saturated heterocycles. The number of nitrogens with zero attached hydrogens (tertiary/aromatic N) is 3. The maximum Gasteiger partial charge on any atom is 0.337 e. The van der Waals surface area contributed by atoms with E-state index < -0.39 is 11.9 Å². The average molecular weight is 400 g/mol. The van der Waals surface area contributed by atoms with Crippen molar-refractivity contribution >= 4 is 29.2 Å². The van der Waals surface area contributed by atoms with E-state index in [1.807, 2.05) is 12.1 Å². The number of benzene rings is 2. The zero-order valence-corrected chi connectivity index (χ0v) is 16.2. The molecule has 1 heterocycles. The Morgan fingerprint density at radius 1 is 1.14 bits per heavy atom. The van der Waals surface area contributed by atoms with Crippen LogP contribution < -0.4 is 5.32 Å². The van der Waals surface area contributed by atoms with Crippen molar-refractivity contribution in [1.82, 2.24) is 20.6 Å². The molecule has 3 aromatic rings. The number of anilines is 1. The number of hydrogen-bond acceptors (Lipinski definition) is 5. The largest absolute Gasteiger partial charge is 0.478 e. The zero-order valence-electron chi connectivity index (χ0n) is 15.4. The van der Waals surface area contributed by atoms with Crippen LogP contribution in [0.2, 0.25) is 5.02 Å². The maximum absolute atomic E-state index is 12.6. The summed E-state index contributed by atoms with van der Waals surface area (Å²) in [5, 5.41) is 25.6. The molecule has 28 heavy (non-hydrogen) atoms. The van der Waals surface area contributed by atoms with Crippen LogP contribution in [0.4, 0.5) is 5.69 Å². The number of hydrogen-bond donors (Lipinski definition) is 3. The second-order valence-electron chi connectivity index (χ2n) is 7.20. The molecule has 3 N–H and O–H groups in total. The minimum Gasteiger partial charge on any atom is -0.478 e. The lowest BCUT2D eigenvalue weighted by Crippen LogP contribution is -2.16. The van der Waals surface area contributed by atoms with Crippen molar-refractivity contribution in [2.75, 3.05) is 5.32 Å². The Morgan fingerprint density at radius 2 is 1.82 bits per heavy atom. The third-order valence-corrected chi connectivity index (χ3v) is 4.50. The molecule has 0 fully saturated rings. The number of rotatable bonds is 4. The number of nitrogens with one attached hydrogen (secondary N) is 2. The van der Waals surface area contributed by atoms with Crippen molar-refractivity contribution in [3.63, 3.8) is 0 Å². The lowest BCUT2D eigenvalue weighted by Gasteiger charge is -2.19. The van der Waals surface area contributed by atoms with Gasteiger partial charge in [-0.2, -0.15) is 5.21 Å². The molecule has 0 saturated carbocycles. The van der Waals surface area contributed by atoms with Crippen LogP contribution >= 0.6 is 11.6 Å². The quantitative estimate of drug-likeness (QED) is 0.614. The highest BCUT2D eigenvalue weighted by Crippen LogP contribution is 2.31. The number of carbonyl (C=O) groups is 2. The van der Waals surface area contributed by atoms with Gasteiger partial charge in [-0.05, 0) is 40.5 Å². The number of amides is 1. The first-order valence-corrected chi connectivity index (χ1v) is 8.77. The molecule has 0 spiro atoms. The van der Waals surface area contributed by atoms with Gasteiger partial charge in [0, 0.05) is 11.1 Å². The third kappa shape index (κ3) is 4.01. The normalized spacial score (nSPS) is 11.3. The number of aromatic carboxylic acids is 1. The summed E-state index contributed by atoms with van der Waals surface area (Å²) in [5.74, 6) is -1.51. The van der Waals surface area contributed by atoms with E-state index in [0.717, 1.165) is 5.56 Å². The topological polar surface area (TPSA) is 121 Å². The minimum absolute atomic E-state index is 0.0377. The molecule has 0 atom stereocenters. The van der Waals surface area contributed by atoms with Crippen LogP contribution in [0.5, 0.6) is 0 Å². The van der Waals surface area contributed by atoms with Gasteiger partial charge in [0.15, 0.2) is 0 Å². The molecule has 0 aliphatic rings. The predicted molar refractivity (Wildman–Crippen MR) is 105 cm³/mol. The van der Waals surface area contributed by atoms with Crippen LogP contribution in [0, 0.1) is 0 Å². The molecule has 9 heteroatoms. The Hall–Kier alpha value is -3.26. The monoisotopic (exact) mass is 399 g/mol. The van der Waals surface area contributed by atoms with Crippen LogP contribution in [0.25, 0.3) is 11.4 Å². The summed E-state index contributed by atoms with van der Waals surface area (Å²) in [6, 6.07) is 9.81. The van der Waals surface area contributed by atoms with Gasteiger partial charge in [0.05, 0.1) is 16.3 Å². The highest BCUT2D eigenvalue weighted by Gasteiger charge is 2.20. The smallest absolute Gasteiger partial charge is 0.337 e. The molecule has 3 rings (SSSR count). The first-order valence-electron chi connectivity index (χ1n) is 8.39. The molecule has 0 radical (unpaired) electrons. The van der Waals surface area contributed by atoms with E-state index in [9.17, 15) is 14.7 Å². The summed E-state index contributed by atoms with van der Waals surface area (Å²) in [4.78, 5) is 24.3. The second kappa shape index (κ2) is 7.40. The number of H-pyrrole nitrogens is 1. The Morgan fingerprint density at radius 3 is 2.36 bits per heavy atom. The summed E-state index contributed by atoms with van der Waals surface area (Å²) in [6.07, 6.45) is 0. The molecule has 0 aliphatic heterocycles. The zero-order chi connectivity index (χ0) is 20.5. The number of carboxylic acid groups (broad SMARTS) is 1. The van der Waals surface area contributed by atoms with Gasteiger partial charge >= 0.3 is 5.97 Å². The lowest BCUT2D eigenvalue weighted by atomic mass is 9.86. The number of aromatic amines is 1. The van der Waals surface area contributed by atoms with Crippen molar-refractivity contribution in [3.8, 4) is 11.4 Å². The maximum atomic E-state index is 12.6. The fourth-order valence-electron chi connectivity index (χ4n) is 2.62. The van der Waals surface area contributed by atoms with Crippen LogP contribution in [0.1, 0.15) is 47.1 Å². The number of carbonyl (C=O) groups excluding carboxylic acids is 1. The van der Waals surface area contributed by atoms with Crippen LogP contribution in [0.15, 0.2) is 36.4 Å². The lowest BCUT2D eigenvalue weighted by molar-refractivity contribution is 0.0698. The summed E-state index contributed by atoms with van der Waals surface area (Å²) in [6.45, 7) is 6.23. The third-order valence-electron chi connectivity index (χ3n) is 4.19. The fourth-order valence-corrected chi connectivity index (χ4v) is 2.87. The van der Waals surface area contributed by atoms with Crippen molar-refractivity contribution in [2.24, 2.45) is 0 Å². The van der Waals surface area contributed by atoms with Crippen molar-refractivity contribution in [1.29, 1.82) is 0 Å².